The van der Waals surface area contributed by atoms with Crippen LogP contribution in [0.1, 0.15) is 0 Å². The Morgan fingerprint density at radius 3 is 2.50 bits per heavy atom. The molecule has 0 heterocycles. The Balaban J connectivity index is 2.38. The summed E-state index contributed by atoms with van der Waals surface area (Å²) in [6.45, 7) is -0.383. The molecular weight excluding hydrogens is 324 g/mol. The molecule has 20 heavy (non-hydrogen) atoms. The first-order valence-electron chi connectivity index (χ1n) is 5.89. The second-order valence-corrected chi connectivity index (χ2v) is 4.88. The van der Waals surface area contributed by atoms with Crippen molar-refractivity contribution in [1.82, 2.24) is 0 Å². The number of halogens is 1. The van der Waals surface area contributed by atoms with Crippen LogP contribution in [0.2, 0.25) is 0 Å². The number of aliphatic carboxylic acids is 1. The van der Waals surface area contributed by atoms with Gasteiger partial charge in [-0.2, -0.15) is 0 Å². The zero-order chi connectivity index (χ0) is 14.5. The van der Waals surface area contributed by atoms with Crippen molar-refractivity contribution in [1.29, 1.82) is 0 Å². The molecule has 104 valence electrons. The van der Waals surface area contributed by atoms with E-state index in [1.165, 1.54) is 0 Å². The van der Waals surface area contributed by atoms with Crippen molar-refractivity contribution in [3.8, 4) is 22.6 Å². The van der Waals surface area contributed by atoms with Crippen LogP contribution in [0.15, 0.2) is 46.9 Å². The van der Waals surface area contributed by atoms with E-state index in [0.29, 0.717) is 10.2 Å². The minimum atomic E-state index is -1.01. The van der Waals surface area contributed by atoms with E-state index in [-0.39, 0.29) is 6.61 Å². The molecule has 0 unspecified atom stereocenters. The lowest BCUT2D eigenvalue weighted by Gasteiger charge is -2.12. The number of benzene rings is 2. The van der Waals surface area contributed by atoms with Gasteiger partial charge in [0.15, 0.2) is 6.61 Å². The number of hydrogen-bond acceptors (Lipinski definition) is 3. The molecule has 1 N–H and O–H groups in total. The highest BCUT2D eigenvalue weighted by molar-refractivity contribution is 9.10. The van der Waals surface area contributed by atoms with Gasteiger partial charge in [0.2, 0.25) is 0 Å². The second kappa shape index (κ2) is 6.43. The Labute approximate surface area is 125 Å². The van der Waals surface area contributed by atoms with Crippen molar-refractivity contribution in [2.24, 2.45) is 0 Å². The number of ether oxygens (including phenoxy) is 2. The van der Waals surface area contributed by atoms with Gasteiger partial charge in [-0.25, -0.2) is 4.79 Å². The number of carboxylic acid groups (broad SMARTS) is 1. The highest BCUT2D eigenvalue weighted by Gasteiger charge is 2.11. The third kappa shape index (κ3) is 3.30. The normalized spacial score (nSPS) is 10.1. The van der Waals surface area contributed by atoms with E-state index in [1.54, 1.807) is 7.11 Å². The average molecular weight is 337 g/mol. The first-order valence-corrected chi connectivity index (χ1v) is 6.68. The maximum Gasteiger partial charge on any atom is 0.341 e. The van der Waals surface area contributed by atoms with E-state index < -0.39 is 5.97 Å². The van der Waals surface area contributed by atoms with Gasteiger partial charge < -0.3 is 14.6 Å². The molecule has 5 heteroatoms. The number of rotatable bonds is 5. The van der Waals surface area contributed by atoms with Gasteiger partial charge in [0.05, 0.1) is 11.6 Å². The molecule has 0 spiro atoms. The molecule has 0 aliphatic heterocycles. The summed E-state index contributed by atoms with van der Waals surface area (Å²) < 4.78 is 11.2. The molecule has 4 nitrogen and oxygen atoms in total. The van der Waals surface area contributed by atoms with Gasteiger partial charge in [-0.3, -0.25) is 0 Å². The molecule has 0 atom stereocenters. The Bertz CT molecular complexity index is 608. The van der Waals surface area contributed by atoms with Gasteiger partial charge in [-0.1, -0.05) is 24.3 Å². The zero-order valence-corrected chi connectivity index (χ0v) is 12.4. The summed E-state index contributed by atoms with van der Waals surface area (Å²) >= 11 is 3.38. The highest BCUT2D eigenvalue weighted by Crippen LogP contribution is 2.36. The van der Waals surface area contributed by atoms with Crippen LogP contribution < -0.4 is 9.47 Å². The Hall–Kier alpha value is -2.01. The minimum absolute atomic E-state index is 0.383. The molecule has 0 fully saturated rings. The number of para-hydroxylation sites is 1. The first-order chi connectivity index (χ1) is 9.61. The first kappa shape index (κ1) is 14.4. The van der Waals surface area contributed by atoms with Crippen LogP contribution >= 0.6 is 15.9 Å². The Morgan fingerprint density at radius 2 is 1.90 bits per heavy atom. The van der Waals surface area contributed by atoms with Crippen molar-refractivity contribution in [2.75, 3.05) is 13.7 Å². The van der Waals surface area contributed by atoms with Crippen molar-refractivity contribution >= 4 is 21.9 Å². The molecule has 0 saturated heterocycles. The maximum absolute atomic E-state index is 10.7. The molecule has 0 saturated carbocycles. The molecule has 2 aromatic rings. The van der Waals surface area contributed by atoms with Gasteiger partial charge in [0, 0.05) is 5.56 Å². The number of methoxy groups -OCH3 is 1. The second-order valence-electron chi connectivity index (χ2n) is 4.03. The molecule has 0 aliphatic carbocycles. The lowest BCUT2D eigenvalue weighted by Crippen LogP contribution is -2.10. The van der Waals surface area contributed by atoms with Crippen LogP contribution in [-0.2, 0) is 4.79 Å². The van der Waals surface area contributed by atoms with Crippen LogP contribution in [0, 0.1) is 0 Å². The molecule has 0 aliphatic rings. The zero-order valence-electron chi connectivity index (χ0n) is 10.8. The van der Waals surface area contributed by atoms with Crippen LogP contribution in [0.5, 0.6) is 11.5 Å². The van der Waals surface area contributed by atoms with Crippen LogP contribution in [0.25, 0.3) is 11.1 Å². The van der Waals surface area contributed by atoms with E-state index >= 15 is 0 Å². The van der Waals surface area contributed by atoms with Crippen molar-refractivity contribution in [3.63, 3.8) is 0 Å². The number of carbonyl (C=O) groups is 1. The SMILES string of the molecule is COc1ccc(-c2cccc(Br)c2OCC(=O)O)cc1. The lowest BCUT2D eigenvalue weighted by atomic mass is 10.0. The fourth-order valence-corrected chi connectivity index (χ4v) is 2.27. The summed E-state index contributed by atoms with van der Waals surface area (Å²) in [5, 5.41) is 8.74. The fraction of sp³-hybridized carbons (Fsp3) is 0.133. The summed E-state index contributed by atoms with van der Waals surface area (Å²) in [6, 6.07) is 13.0. The molecule has 0 amide bonds. The fourth-order valence-electron chi connectivity index (χ4n) is 1.79. The number of hydrogen-bond donors (Lipinski definition) is 1. The predicted molar refractivity (Wildman–Crippen MR) is 79.3 cm³/mol. The molecule has 2 rings (SSSR count). The minimum Gasteiger partial charge on any atom is -0.497 e. The standard InChI is InChI=1S/C15H13BrO4/c1-19-11-7-5-10(6-8-11)12-3-2-4-13(16)15(12)20-9-14(17)18/h2-8H,9H2,1H3,(H,17,18). The molecule has 0 radical (unpaired) electrons. The quantitative estimate of drug-likeness (QED) is 0.906. The molecule has 0 bridgehead atoms. The van der Waals surface area contributed by atoms with E-state index in [4.69, 9.17) is 14.6 Å². The van der Waals surface area contributed by atoms with Gasteiger partial charge in [-0.05, 0) is 39.7 Å². The van der Waals surface area contributed by atoms with Crippen LogP contribution in [0.3, 0.4) is 0 Å². The molecule has 0 aromatic heterocycles. The lowest BCUT2D eigenvalue weighted by molar-refractivity contribution is -0.139. The summed E-state index contributed by atoms with van der Waals surface area (Å²) in [4.78, 5) is 10.7. The Kier molecular flexibility index (Phi) is 4.63. The topological polar surface area (TPSA) is 55.8 Å². The third-order valence-corrected chi connectivity index (χ3v) is 3.33. The van der Waals surface area contributed by atoms with Crippen molar-refractivity contribution < 1.29 is 19.4 Å². The number of carboxylic acids is 1. The smallest absolute Gasteiger partial charge is 0.341 e. The van der Waals surface area contributed by atoms with Crippen molar-refractivity contribution in [2.45, 2.75) is 0 Å². The van der Waals surface area contributed by atoms with E-state index in [0.717, 1.165) is 16.9 Å². The largest absolute Gasteiger partial charge is 0.497 e. The Morgan fingerprint density at radius 1 is 1.20 bits per heavy atom. The van der Waals surface area contributed by atoms with Gasteiger partial charge in [0.25, 0.3) is 0 Å². The monoisotopic (exact) mass is 336 g/mol. The maximum atomic E-state index is 10.7. The average Bonchev–Trinajstić information content (AvgIpc) is 2.45. The van der Waals surface area contributed by atoms with Crippen molar-refractivity contribution in [3.05, 3.63) is 46.9 Å². The summed E-state index contributed by atoms with van der Waals surface area (Å²) in [5.41, 5.74) is 1.75. The summed E-state index contributed by atoms with van der Waals surface area (Å²) in [7, 11) is 1.61. The highest BCUT2D eigenvalue weighted by atomic mass is 79.9. The van der Waals surface area contributed by atoms with Gasteiger partial charge in [-0.15, -0.1) is 0 Å². The summed E-state index contributed by atoms with van der Waals surface area (Å²) in [6.07, 6.45) is 0. The van der Waals surface area contributed by atoms with Gasteiger partial charge >= 0.3 is 5.97 Å². The van der Waals surface area contributed by atoms with Gasteiger partial charge in [0.1, 0.15) is 11.5 Å². The van der Waals surface area contributed by atoms with E-state index in [9.17, 15) is 4.79 Å². The molecular formula is C15H13BrO4. The summed E-state index contributed by atoms with van der Waals surface area (Å²) in [5.74, 6) is 0.262. The van der Waals surface area contributed by atoms with Crippen LogP contribution in [-0.4, -0.2) is 24.8 Å². The predicted octanol–water partition coefficient (Wildman–Crippen LogP) is 3.59. The van der Waals surface area contributed by atoms with Crippen LogP contribution in [0.4, 0.5) is 0 Å². The third-order valence-electron chi connectivity index (χ3n) is 2.71. The van der Waals surface area contributed by atoms with E-state index in [1.807, 2.05) is 42.5 Å². The molecule has 2 aromatic carbocycles. The van der Waals surface area contributed by atoms with E-state index in [2.05, 4.69) is 15.9 Å².